The Morgan fingerprint density at radius 1 is 1.36 bits per heavy atom. The lowest BCUT2D eigenvalue weighted by atomic mass is 10.4. The lowest BCUT2D eigenvalue weighted by Crippen LogP contribution is -2.15. The third-order valence-electron chi connectivity index (χ3n) is 1.80. The van der Waals surface area contributed by atoms with E-state index in [1.54, 1.807) is 0 Å². The molecule has 1 aliphatic rings. The molecule has 1 radical (unpaired) electrons. The molecule has 0 aromatic carbocycles. The van der Waals surface area contributed by atoms with Gasteiger partial charge in [-0.1, -0.05) is 0 Å². The van der Waals surface area contributed by atoms with Crippen molar-refractivity contribution in [2.75, 3.05) is 23.0 Å². The summed E-state index contributed by atoms with van der Waals surface area (Å²) in [6, 6.07) is 0. The summed E-state index contributed by atoms with van der Waals surface area (Å²) in [7, 11) is 0. The maximum Gasteiger partial charge on any atom is 0.141 e. The Bertz CT molecular complexity index is 149. The Morgan fingerprint density at radius 3 is 2.64 bits per heavy atom. The van der Waals surface area contributed by atoms with E-state index in [9.17, 15) is 0 Å². The average molecular weight is 304 g/mol. The molecule has 1 rings (SSSR count). The van der Waals surface area contributed by atoms with Gasteiger partial charge in [0.25, 0.3) is 0 Å². The highest BCUT2D eigenvalue weighted by molar-refractivity contribution is 8.37. The summed E-state index contributed by atoms with van der Waals surface area (Å²) in [5.74, 6) is 4.04. The van der Waals surface area contributed by atoms with Gasteiger partial charge < -0.3 is 0 Å². The molecule has 0 bridgehead atoms. The summed E-state index contributed by atoms with van der Waals surface area (Å²) < 4.78 is 1.49. The summed E-state index contributed by atoms with van der Waals surface area (Å²) >= 11 is 18.9. The van der Waals surface area contributed by atoms with Crippen LogP contribution in [0.4, 0.5) is 0 Å². The summed E-state index contributed by atoms with van der Waals surface area (Å²) in [5, 5.41) is 1.26. The second-order valence-corrected chi connectivity index (χ2v) is 8.51. The Balaban J connectivity index is 2.29. The third kappa shape index (κ3) is 4.95. The molecule has 1 aliphatic heterocycles. The second-order valence-electron chi connectivity index (χ2n) is 2.91. The molecule has 0 N–H and O–H groups in total. The zero-order chi connectivity index (χ0) is 10.4. The minimum Gasteiger partial charge on any atom is -0.178 e. The van der Waals surface area contributed by atoms with Gasteiger partial charge in [0.2, 0.25) is 0 Å². The van der Waals surface area contributed by atoms with Crippen LogP contribution in [0.1, 0.15) is 6.42 Å². The molecule has 0 nitrogen and oxygen atoms in total. The van der Waals surface area contributed by atoms with Crippen molar-refractivity contribution >= 4 is 73.2 Å². The first-order valence-electron chi connectivity index (χ1n) is 4.45. The zero-order valence-corrected chi connectivity index (χ0v) is 12.9. The van der Waals surface area contributed by atoms with Crippen molar-refractivity contribution < 1.29 is 0 Å². The highest BCUT2D eigenvalue weighted by atomic mass is 32.3. The molecular formula is C8H15S6. The van der Waals surface area contributed by atoms with E-state index < -0.39 is 0 Å². The average Bonchev–Trinajstić information content (AvgIpc) is 2.26. The van der Waals surface area contributed by atoms with Gasteiger partial charge in [0.1, 0.15) is 3.91 Å². The van der Waals surface area contributed by atoms with E-state index in [4.69, 9.17) is 0 Å². The molecule has 0 aliphatic carbocycles. The molecule has 6 heteroatoms. The molecule has 1 heterocycles. The van der Waals surface area contributed by atoms with Crippen LogP contribution in [0.2, 0.25) is 0 Å². The Morgan fingerprint density at radius 2 is 2.07 bits per heavy atom. The Hall–Kier alpha value is 2.10. The molecule has 0 aromatic rings. The van der Waals surface area contributed by atoms with Crippen LogP contribution in [-0.2, 0) is 0 Å². The van der Waals surface area contributed by atoms with Crippen LogP contribution in [0.3, 0.4) is 0 Å². The van der Waals surface area contributed by atoms with E-state index in [1.165, 1.54) is 16.1 Å². The fraction of sp³-hybridized carbons (Fsp3) is 0.875. The lowest BCUT2D eigenvalue weighted by Gasteiger charge is -2.27. The largest absolute Gasteiger partial charge is 0.178 e. The van der Waals surface area contributed by atoms with Gasteiger partial charge in [0.15, 0.2) is 0 Å². The fourth-order valence-corrected chi connectivity index (χ4v) is 6.90. The molecule has 1 atom stereocenters. The highest BCUT2D eigenvalue weighted by Crippen LogP contribution is 2.50. The van der Waals surface area contributed by atoms with E-state index in [0.29, 0.717) is 10.5 Å². The maximum absolute atomic E-state index is 4.36. The van der Waals surface area contributed by atoms with Gasteiger partial charge in [0, 0.05) is 27.8 Å². The summed E-state index contributed by atoms with van der Waals surface area (Å²) in [6.07, 6.45) is 1.29. The molecule has 14 heavy (non-hydrogen) atoms. The van der Waals surface area contributed by atoms with E-state index >= 15 is 0 Å². The molecule has 1 unspecified atom stereocenters. The van der Waals surface area contributed by atoms with Crippen LogP contribution in [0.5, 0.6) is 0 Å². The van der Waals surface area contributed by atoms with Crippen molar-refractivity contribution in [3.63, 3.8) is 0 Å². The van der Waals surface area contributed by atoms with Crippen molar-refractivity contribution in [1.82, 2.24) is 0 Å². The van der Waals surface area contributed by atoms with Gasteiger partial charge in [0.05, 0.1) is 0 Å². The molecule has 0 amide bonds. The number of thiol groups is 3. The van der Waals surface area contributed by atoms with Crippen LogP contribution >= 0.6 is 73.2 Å². The SMILES string of the molecule is SCC(CS)S[C]1SCCC(CS)S1. The van der Waals surface area contributed by atoms with Gasteiger partial charge >= 0.3 is 0 Å². The molecule has 1 fully saturated rings. The van der Waals surface area contributed by atoms with Gasteiger partial charge in [-0.05, 0) is 12.2 Å². The third-order valence-corrected chi connectivity index (χ3v) is 8.18. The van der Waals surface area contributed by atoms with Crippen molar-refractivity contribution in [3.05, 3.63) is 3.91 Å². The monoisotopic (exact) mass is 303 g/mol. The van der Waals surface area contributed by atoms with Crippen molar-refractivity contribution in [2.45, 2.75) is 16.9 Å². The fourth-order valence-electron chi connectivity index (χ4n) is 0.961. The van der Waals surface area contributed by atoms with Gasteiger partial charge in [-0.25, -0.2) is 0 Å². The molecule has 0 spiro atoms. The first-order chi connectivity index (χ1) is 6.80. The number of hydrogen-bond acceptors (Lipinski definition) is 6. The predicted molar refractivity (Wildman–Crippen MR) is 84.6 cm³/mol. The smallest absolute Gasteiger partial charge is 0.141 e. The maximum atomic E-state index is 4.36. The standard InChI is InChI=1S/C8H15S6/c9-3-6-1-2-12-8(13-6)14-7(4-10)5-11/h6-7,9-11H,1-5H2. The number of thioether (sulfide) groups is 3. The summed E-state index contributed by atoms with van der Waals surface area (Å²) in [4.78, 5) is 0. The molecule has 0 saturated carbocycles. The van der Waals surface area contributed by atoms with Gasteiger partial charge in [-0.3, -0.25) is 0 Å². The number of hydrogen-bond donors (Lipinski definition) is 3. The molecule has 83 valence electrons. The van der Waals surface area contributed by atoms with Crippen LogP contribution < -0.4 is 0 Å². The van der Waals surface area contributed by atoms with E-state index in [1.807, 2.05) is 35.3 Å². The quantitative estimate of drug-likeness (QED) is 0.665. The molecule has 0 aromatic heterocycles. The first kappa shape index (κ1) is 14.2. The van der Waals surface area contributed by atoms with E-state index in [2.05, 4.69) is 37.9 Å². The zero-order valence-electron chi connectivity index (χ0n) is 7.76. The number of rotatable bonds is 5. The van der Waals surface area contributed by atoms with Crippen LogP contribution in [0.25, 0.3) is 0 Å². The highest BCUT2D eigenvalue weighted by Gasteiger charge is 2.25. The minimum absolute atomic E-state index is 0.551. The van der Waals surface area contributed by atoms with Crippen LogP contribution in [-0.4, -0.2) is 33.5 Å². The summed E-state index contributed by atoms with van der Waals surface area (Å²) in [5.41, 5.74) is 0. The van der Waals surface area contributed by atoms with Crippen molar-refractivity contribution in [1.29, 1.82) is 0 Å². The van der Waals surface area contributed by atoms with E-state index in [-0.39, 0.29) is 0 Å². The van der Waals surface area contributed by atoms with Crippen molar-refractivity contribution in [3.8, 4) is 0 Å². The molecular weight excluding hydrogens is 288 g/mol. The Labute approximate surface area is 116 Å². The van der Waals surface area contributed by atoms with Gasteiger partial charge in [-0.15, -0.1) is 35.3 Å². The second kappa shape index (κ2) is 8.23. The topological polar surface area (TPSA) is 0 Å². The summed E-state index contributed by atoms with van der Waals surface area (Å²) in [6.45, 7) is 0. The Kier molecular flexibility index (Phi) is 8.32. The van der Waals surface area contributed by atoms with Crippen LogP contribution in [0.15, 0.2) is 0 Å². The van der Waals surface area contributed by atoms with Gasteiger partial charge in [-0.2, -0.15) is 37.9 Å². The lowest BCUT2D eigenvalue weighted by molar-refractivity contribution is 0.929. The minimum atomic E-state index is 0.551. The van der Waals surface area contributed by atoms with E-state index in [0.717, 1.165) is 17.3 Å². The normalized spacial score (nSPS) is 24.4. The van der Waals surface area contributed by atoms with Crippen LogP contribution in [0, 0.1) is 3.91 Å². The predicted octanol–water partition coefficient (Wildman–Crippen LogP) is 3.56. The van der Waals surface area contributed by atoms with Crippen molar-refractivity contribution in [2.24, 2.45) is 0 Å². The first-order valence-corrected chi connectivity index (χ1v) is 9.10. The molecule has 1 saturated heterocycles.